The van der Waals surface area contributed by atoms with Crippen molar-refractivity contribution >= 4 is 46.5 Å². The number of anilines is 2. The van der Waals surface area contributed by atoms with Gasteiger partial charge in [-0.15, -0.1) is 0 Å². The molecule has 0 spiro atoms. The number of rotatable bonds is 5. The van der Waals surface area contributed by atoms with E-state index in [4.69, 9.17) is 28.9 Å². The zero-order chi connectivity index (χ0) is 22.3. The highest BCUT2D eigenvalue weighted by molar-refractivity contribution is 6.36. The molecule has 2 atom stereocenters. The second-order valence-corrected chi connectivity index (χ2v) is 8.23. The van der Waals surface area contributed by atoms with Crippen molar-refractivity contribution in [3.63, 3.8) is 0 Å². The van der Waals surface area contributed by atoms with Crippen LogP contribution in [0.1, 0.15) is 33.0 Å². The SMILES string of the molecule is Cc1ccccc1C(C(N)=O)C1(c2c(Cl)cccc2Cl)Nc2ccc(C(=O)O)cc2N1. The molecule has 31 heavy (non-hydrogen) atoms. The summed E-state index contributed by atoms with van der Waals surface area (Å²) in [7, 11) is 0. The largest absolute Gasteiger partial charge is 0.478 e. The number of carbonyl (C=O) groups excluding carboxylic acids is 1. The molecule has 4 rings (SSSR count). The Balaban J connectivity index is 2.00. The summed E-state index contributed by atoms with van der Waals surface area (Å²) in [6.45, 7) is 1.89. The fourth-order valence-electron chi connectivity index (χ4n) is 4.14. The molecule has 0 saturated carbocycles. The van der Waals surface area contributed by atoms with Gasteiger partial charge in [0.1, 0.15) is 5.92 Å². The van der Waals surface area contributed by atoms with E-state index in [9.17, 15) is 14.7 Å². The van der Waals surface area contributed by atoms with Crippen molar-refractivity contribution in [3.8, 4) is 0 Å². The number of hydrogen-bond donors (Lipinski definition) is 4. The molecule has 2 unspecified atom stereocenters. The van der Waals surface area contributed by atoms with Gasteiger partial charge in [0.15, 0.2) is 5.66 Å². The van der Waals surface area contributed by atoms with Crippen LogP contribution in [0.4, 0.5) is 11.4 Å². The summed E-state index contributed by atoms with van der Waals surface area (Å²) in [5.74, 6) is -2.59. The Morgan fingerprint density at radius 3 is 2.23 bits per heavy atom. The number of halogens is 2. The molecule has 0 fully saturated rings. The van der Waals surface area contributed by atoms with Crippen LogP contribution >= 0.6 is 23.2 Å². The molecule has 0 radical (unpaired) electrons. The summed E-state index contributed by atoms with van der Waals surface area (Å²) in [5, 5.41) is 16.7. The van der Waals surface area contributed by atoms with Crippen molar-refractivity contribution in [1.82, 2.24) is 0 Å². The molecule has 0 saturated heterocycles. The van der Waals surface area contributed by atoms with E-state index in [2.05, 4.69) is 10.6 Å². The van der Waals surface area contributed by atoms with E-state index in [1.165, 1.54) is 12.1 Å². The highest BCUT2D eigenvalue weighted by atomic mass is 35.5. The van der Waals surface area contributed by atoms with Gasteiger partial charge in [0.25, 0.3) is 0 Å². The average molecular weight is 456 g/mol. The van der Waals surface area contributed by atoms with Crippen molar-refractivity contribution in [3.05, 3.63) is 93.0 Å². The minimum atomic E-state index is -1.34. The molecule has 158 valence electrons. The van der Waals surface area contributed by atoms with Gasteiger partial charge in [-0.2, -0.15) is 0 Å². The number of nitrogens with one attached hydrogen (secondary N) is 2. The molecular formula is C23H19Cl2N3O3. The molecule has 1 aliphatic rings. The van der Waals surface area contributed by atoms with E-state index in [-0.39, 0.29) is 5.56 Å². The third-order valence-corrected chi connectivity index (χ3v) is 6.13. The summed E-state index contributed by atoms with van der Waals surface area (Å²) < 4.78 is 0. The lowest BCUT2D eigenvalue weighted by Crippen LogP contribution is -2.50. The van der Waals surface area contributed by atoms with Crippen molar-refractivity contribution in [2.24, 2.45) is 5.73 Å². The topological polar surface area (TPSA) is 104 Å². The Morgan fingerprint density at radius 1 is 0.968 bits per heavy atom. The minimum absolute atomic E-state index is 0.0978. The van der Waals surface area contributed by atoms with Crippen molar-refractivity contribution in [2.75, 3.05) is 10.6 Å². The van der Waals surface area contributed by atoms with Gasteiger partial charge in [0, 0.05) is 15.6 Å². The van der Waals surface area contributed by atoms with E-state index >= 15 is 0 Å². The van der Waals surface area contributed by atoms with Gasteiger partial charge in [-0.05, 0) is 48.4 Å². The summed E-state index contributed by atoms with van der Waals surface area (Å²) in [6, 6.07) is 17.1. The monoisotopic (exact) mass is 455 g/mol. The molecular weight excluding hydrogens is 437 g/mol. The number of primary amides is 1. The lowest BCUT2D eigenvalue weighted by Gasteiger charge is -2.39. The summed E-state index contributed by atoms with van der Waals surface area (Å²) in [5.41, 5.74) is 7.80. The van der Waals surface area contributed by atoms with E-state index in [0.717, 1.165) is 5.56 Å². The van der Waals surface area contributed by atoms with Gasteiger partial charge in [-0.3, -0.25) is 4.79 Å². The molecule has 0 bridgehead atoms. The van der Waals surface area contributed by atoms with Gasteiger partial charge in [0.2, 0.25) is 5.91 Å². The van der Waals surface area contributed by atoms with Crippen LogP contribution in [0.15, 0.2) is 60.7 Å². The lowest BCUT2D eigenvalue weighted by molar-refractivity contribution is -0.120. The Bertz CT molecular complexity index is 1190. The van der Waals surface area contributed by atoms with Crippen LogP contribution in [0.2, 0.25) is 10.0 Å². The number of carboxylic acid groups (broad SMARTS) is 1. The summed E-state index contributed by atoms with van der Waals surface area (Å²) in [4.78, 5) is 24.4. The number of amides is 1. The number of fused-ring (bicyclic) bond motifs is 1. The predicted molar refractivity (Wildman–Crippen MR) is 122 cm³/mol. The Morgan fingerprint density at radius 2 is 1.61 bits per heavy atom. The van der Waals surface area contributed by atoms with E-state index in [0.29, 0.717) is 32.5 Å². The Labute approximate surface area is 189 Å². The Hall–Kier alpha value is -3.22. The van der Waals surface area contributed by atoms with Crippen LogP contribution < -0.4 is 16.4 Å². The van der Waals surface area contributed by atoms with Crippen LogP contribution in [0.5, 0.6) is 0 Å². The standard InChI is InChI=1S/C23H19Cl2N3O3/c1-12-5-2-3-6-14(12)19(21(26)29)23(20-15(24)7-4-8-16(20)25)27-17-10-9-13(22(30)31)11-18(17)28-23/h2-11,19,27-28H,1H3,(H2,26,29)(H,30,31). The quantitative estimate of drug-likeness (QED) is 0.435. The smallest absolute Gasteiger partial charge is 0.335 e. The lowest BCUT2D eigenvalue weighted by atomic mass is 9.79. The number of hydrogen-bond acceptors (Lipinski definition) is 4. The van der Waals surface area contributed by atoms with Crippen molar-refractivity contribution in [1.29, 1.82) is 0 Å². The highest BCUT2D eigenvalue weighted by Gasteiger charge is 2.51. The summed E-state index contributed by atoms with van der Waals surface area (Å²) >= 11 is 13.2. The second kappa shape index (κ2) is 7.80. The van der Waals surface area contributed by atoms with Crippen molar-refractivity contribution in [2.45, 2.75) is 18.5 Å². The first kappa shape index (κ1) is 21.0. The molecule has 5 N–H and O–H groups in total. The molecule has 8 heteroatoms. The number of carbonyl (C=O) groups is 2. The van der Waals surface area contributed by atoms with Crippen LogP contribution in [0, 0.1) is 6.92 Å². The maximum atomic E-state index is 12.9. The van der Waals surface area contributed by atoms with E-state index in [1.54, 1.807) is 24.3 Å². The number of aromatic carboxylic acids is 1. The highest BCUT2D eigenvalue weighted by Crippen LogP contribution is 2.51. The zero-order valence-electron chi connectivity index (χ0n) is 16.4. The van der Waals surface area contributed by atoms with Crippen molar-refractivity contribution < 1.29 is 14.7 Å². The first-order chi connectivity index (χ1) is 14.7. The first-order valence-corrected chi connectivity index (χ1v) is 10.2. The molecule has 1 heterocycles. The fourth-order valence-corrected chi connectivity index (χ4v) is 4.84. The number of nitrogens with two attached hydrogens (primary N) is 1. The van der Waals surface area contributed by atoms with E-state index in [1.807, 2.05) is 31.2 Å². The minimum Gasteiger partial charge on any atom is -0.478 e. The molecule has 1 amide bonds. The van der Waals surface area contributed by atoms with Crippen LogP contribution in [0.3, 0.4) is 0 Å². The maximum Gasteiger partial charge on any atom is 0.335 e. The predicted octanol–water partition coefficient (Wildman–Crippen LogP) is 4.96. The molecule has 1 aliphatic heterocycles. The van der Waals surface area contributed by atoms with Gasteiger partial charge in [-0.25, -0.2) is 4.79 Å². The second-order valence-electron chi connectivity index (χ2n) is 7.41. The van der Waals surface area contributed by atoms with Gasteiger partial charge in [-0.1, -0.05) is 53.5 Å². The zero-order valence-corrected chi connectivity index (χ0v) is 18.0. The van der Waals surface area contributed by atoms with E-state index < -0.39 is 23.5 Å². The number of carboxylic acids is 1. The average Bonchev–Trinajstić information content (AvgIpc) is 3.07. The fraction of sp³-hybridized carbons (Fsp3) is 0.130. The van der Waals surface area contributed by atoms with Gasteiger partial charge >= 0.3 is 5.97 Å². The van der Waals surface area contributed by atoms with Gasteiger partial charge < -0.3 is 21.5 Å². The molecule has 0 aromatic heterocycles. The molecule has 3 aromatic rings. The maximum absolute atomic E-state index is 12.9. The third kappa shape index (κ3) is 3.48. The Kier molecular flexibility index (Phi) is 5.29. The molecule has 6 nitrogen and oxygen atoms in total. The third-order valence-electron chi connectivity index (χ3n) is 5.50. The molecule has 0 aliphatic carbocycles. The number of aryl methyl sites for hydroxylation is 1. The van der Waals surface area contributed by atoms with Crippen LogP contribution in [-0.2, 0) is 10.5 Å². The normalized spacial score (nSPS) is 17.9. The first-order valence-electron chi connectivity index (χ1n) is 9.47. The summed E-state index contributed by atoms with van der Waals surface area (Å²) in [6.07, 6.45) is 0. The number of benzene rings is 3. The molecule has 3 aromatic carbocycles. The van der Waals surface area contributed by atoms with Crippen LogP contribution in [-0.4, -0.2) is 17.0 Å². The van der Waals surface area contributed by atoms with Crippen LogP contribution in [0.25, 0.3) is 0 Å². The van der Waals surface area contributed by atoms with Gasteiger partial charge in [0.05, 0.1) is 16.9 Å².